The van der Waals surface area contributed by atoms with Gasteiger partial charge in [0, 0.05) is 16.7 Å². The van der Waals surface area contributed by atoms with Crippen LogP contribution in [0.2, 0.25) is 5.02 Å². The fourth-order valence-electron chi connectivity index (χ4n) is 3.10. The lowest BCUT2D eigenvalue weighted by atomic mass is 9.70. The molecule has 1 aromatic carbocycles. The van der Waals surface area contributed by atoms with Crippen molar-refractivity contribution in [2.24, 2.45) is 17.3 Å². The first-order chi connectivity index (χ1) is 9.36. The molecule has 0 heterocycles. The Hall–Kier alpha value is -0.210. The third-order valence-electron chi connectivity index (χ3n) is 4.59. The summed E-state index contributed by atoms with van der Waals surface area (Å²) in [5.41, 5.74) is 1.62. The van der Waals surface area contributed by atoms with E-state index in [1.807, 2.05) is 12.1 Å². The number of hydrogen-bond donors (Lipinski definition) is 1. The van der Waals surface area contributed by atoms with Crippen molar-refractivity contribution in [3.05, 3.63) is 27.7 Å². The van der Waals surface area contributed by atoms with Crippen LogP contribution >= 0.6 is 27.5 Å². The van der Waals surface area contributed by atoms with Gasteiger partial charge in [-0.2, -0.15) is 0 Å². The quantitative estimate of drug-likeness (QED) is 0.662. The summed E-state index contributed by atoms with van der Waals surface area (Å²) in [6, 6.07) is 6.04. The maximum Gasteiger partial charge on any atom is 0.0549 e. The minimum absolute atomic E-state index is 0.472. The number of anilines is 1. The number of nitrogens with one attached hydrogen (secondary N) is 1. The van der Waals surface area contributed by atoms with Gasteiger partial charge in [0.2, 0.25) is 0 Å². The maximum atomic E-state index is 6.01. The summed E-state index contributed by atoms with van der Waals surface area (Å²) in [6.45, 7) is 8.20. The molecule has 3 heteroatoms. The van der Waals surface area contributed by atoms with E-state index in [0.29, 0.717) is 5.41 Å². The Kier molecular flexibility index (Phi) is 5.42. The van der Waals surface area contributed by atoms with Crippen LogP contribution in [0.3, 0.4) is 0 Å². The maximum absolute atomic E-state index is 6.01. The highest BCUT2D eigenvalue weighted by molar-refractivity contribution is 9.10. The van der Waals surface area contributed by atoms with Crippen molar-refractivity contribution in [2.75, 3.05) is 11.9 Å². The Morgan fingerprint density at radius 3 is 2.40 bits per heavy atom. The third kappa shape index (κ3) is 4.39. The van der Waals surface area contributed by atoms with Crippen LogP contribution in [-0.2, 0) is 0 Å². The van der Waals surface area contributed by atoms with Crippen LogP contribution in [-0.4, -0.2) is 6.54 Å². The number of hydrogen-bond acceptors (Lipinski definition) is 1. The lowest BCUT2D eigenvalue weighted by Crippen LogP contribution is -2.28. The zero-order valence-electron chi connectivity index (χ0n) is 12.7. The molecule has 112 valence electrons. The van der Waals surface area contributed by atoms with Crippen LogP contribution in [0, 0.1) is 17.3 Å². The van der Waals surface area contributed by atoms with E-state index in [4.69, 9.17) is 11.6 Å². The minimum Gasteiger partial charge on any atom is -0.385 e. The molecule has 20 heavy (non-hydrogen) atoms. The van der Waals surface area contributed by atoms with Gasteiger partial charge in [0.1, 0.15) is 0 Å². The molecule has 0 saturated heterocycles. The molecule has 0 aliphatic heterocycles. The molecule has 1 nitrogen and oxygen atoms in total. The van der Waals surface area contributed by atoms with Gasteiger partial charge in [-0.25, -0.2) is 0 Å². The minimum atomic E-state index is 0.472. The van der Waals surface area contributed by atoms with Gasteiger partial charge < -0.3 is 5.32 Å². The Bertz CT molecular complexity index is 445. The van der Waals surface area contributed by atoms with E-state index < -0.39 is 0 Å². The highest BCUT2D eigenvalue weighted by Gasteiger charge is 2.29. The van der Waals surface area contributed by atoms with Gasteiger partial charge in [0.25, 0.3) is 0 Å². The lowest BCUT2D eigenvalue weighted by molar-refractivity contribution is 0.153. The largest absolute Gasteiger partial charge is 0.385 e. The van der Waals surface area contributed by atoms with Crippen molar-refractivity contribution in [3.8, 4) is 0 Å². The van der Waals surface area contributed by atoms with Gasteiger partial charge in [-0.1, -0.05) is 32.4 Å². The highest BCUT2D eigenvalue weighted by Crippen LogP contribution is 2.39. The van der Waals surface area contributed by atoms with Crippen LogP contribution in [0.15, 0.2) is 22.7 Å². The first-order valence-electron chi connectivity index (χ1n) is 7.55. The Morgan fingerprint density at radius 1 is 1.20 bits per heavy atom. The summed E-state index contributed by atoms with van der Waals surface area (Å²) < 4.78 is 0.959. The van der Waals surface area contributed by atoms with Gasteiger partial charge >= 0.3 is 0 Å². The summed E-state index contributed by atoms with van der Waals surface area (Å²) in [5.74, 6) is 1.70. The van der Waals surface area contributed by atoms with Gasteiger partial charge in [-0.3, -0.25) is 0 Å². The summed E-state index contributed by atoms with van der Waals surface area (Å²) >= 11 is 9.48. The van der Waals surface area contributed by atoms with E-state index in [2.05, 4.69) is 48.1 Å². The number of benzene rings is 1. The van der Waals surface area contributed by atoms with Crippen molar-refractivity contribution >= 4 is 33.2 Å². The number of halogens is 2. The average molecular weight is 359 g/mol. The third-order valence-corrected chi connectivity index (χ3v) is 5.80. The topological polar surface area (TPSA) is 12.0 Å². The van der Waals surface area contributed by atoms with E-state index in [1.54, 1.807) is 0 Å². The van der Waals surface area contributed by atoms with Crippen molar-refractivity contribution in [2.45, 2.75) is 46.5 Å². The number of rotatable bonds is 3. The van der Waals surface area contributed by atoms with Crippen LogP contribution in [0.1, 0.15) is 46.5 Å². The molecule has 0 spiro atoms. The molecule has 1 fully saturated rings. The Labute approximate surface area is 136 Å². The molecule has 1 saturated carbocycles. The van der Waals surface area contributed by atoms with Crippen molar-refractivity contribution < 1.29 is 0 Å². The molecule has 0 aromatic heterocycles. The fourth-order valence-corrected chi connectivity index (χ4v) is 3.60. The van der Waals surface area contributed by atoms with Crippen molar-refractivity contribution in [3.63, 3.8) is 0 Å². The molecule has 2 rings (SSSR count). The van der Waals surface area contributed by atoms with E-state index in [-0.39, 0.29) is 0 Å². The van der Waals surface area contributed by atoms with E-state index in [9.17, 15) is 0 Å². The molecule has 1 aliphatic carbocycles. The van der Waals surface area contributed by atoms with Gasteiger partial charge in [-0.05, 0) is 77.1 Å². The molecule has 0 unspecified atom stereocenters. The Morgan fingerprint density at radius 2 is 1.85 bits per heavy atom. The molecule has 0 amide bonds. The molecule has 1 aliphatic rings. The van der Waals surface area contributed by atoms with Crippen LogP contribution < -0.4 is 5.32 Å². The zero-order chi connectivity index (χ0) is 14.8. The van der Waals surface area contributed by atoms with Crippen molar-refractivity contribution in [1.29, 1.82) is 0 Å². The normalized spacial score (nSPS) is 23.6. The molecule has 1 N–H and O–H groups in total. The first kappa shape index (κ1) is 16.2. The predicted molar refractivity (Wildman–Crippen MR) is 92.5 cm³/mol. The molecular weight excluding hydrogens is 334 g/mol. The first-order valence-corrected chi connectivity index (χ1v) is 8.72. The van der Waals surface area contributed by atoms with E-state index in [0.717, 1.165) is 33.6 Å². The lowest BCUT2D eigenvalue weighted by Gasteiger charge is -2.37. The van der Waals surface area contributed by atoms with Gasteiger partial charge in [0.05, 0.1) is 5.02 Å². The molecule has 1 aromatic rings. The van der Waals surface area contributed by atoms with Crippen LogP contribution in [0.25, 0.3) is 0 Å². The molecular formula is C17H25BrClN. The SMILES string of the molecule is CC(C)(C)C1CCC(CNc2ccc(Cl)c(Br)c2)CC1. The van der Waals surface area contributed by atoms with Crippen LogP contribution in [0.5, 0.6) is 0 Å². The summed E-state index contributed by atoms with van der Waals surface area (Å²) in [7, 11) is 0. The van der Waals surface area contributed by atoms with E-state index in [1.165, 1.54) is 25.7 Å². The second-order valence-corrected chi connectivity index (χ2v) is 8.36. The highest BCUT2D eigenvalue weighted by atomic mass is 79.9. The van der Waals surface area contributed by atoms with Crippen LogP contribution in [0.4, 0.5) is 5.69 Å². The van der Waals surface area contributed by atoms with Crippen molar-refractivity contribution in [1.82, 2.24) is 0 Å². The predicted octanol–water partition coefficient (Wildman–Crippen LogP) is 6.37. The fraction of sp³-hybridized carbons (Fsp3) is 0.647. The van der Waals surface area contributed by atoms with E-state index >= 15 is 0 Å². The smallest absolute Gasteiger partial charge is 0.0549 e. The van der Waals surface area contributed by atoms with Gasteiger partial charge in [-0.15, -0.1) is 0 Å². The summed E-state index contributed by atoms with van der Waals surface area (Å²) in [4.78, 5) is 0. The Balaban J connectivity index is 1.80. The monoisotopic (exact) mass is 357 g/mol. The molecule has 0 atom stereocenters. The van der Waals surface area contributed by atoms with Gasteiger partial charge in [0.15, 0.2) is 0 Å². The second kappa shape index (κ2) is 6.70. The molecule has 0 bridgehead atoms. The zero-order valence-corrected chi connectivity index (χ0v) is 15.0. The summed E-state index contributed by atoms with van der Waals surface area (Å²) in [6.07, 6.45) is 5.45. The molecule has 0 radical (unpaired) electrons. The summed E-state index contributed by atoms with van der Waals surface area (Å²) in [5, 5.41) is 4.31. The second-order valence-electron chi connectivity index (χ2n) is 7.09. The standard InChI is InChI=1S/C17H25BrClN/c1-17(2,3)13-6-4-12(5-7-13)11-20-14-8-9-16(19)15(18)10-14/h8-10,12-13,20H,4-7,11H2,1-3H3. The average Bonchev–Trinajstić information content (AvgIpc) is 2.40.